The molecule has 0 unspecified atom stereocenters. The molecular formula is C26H44O3. The van der Waals surface area contributed by atoms with Crippen LogP contribution in [0.3, 0.4) is 0 Å². The van der Waals surface area contributed by atoms with Gasteiger partial charge in [0.05, 0.1) is 26.4 Å². The summed E-state index contributed by atoms with van der Waals surface area (Å²) in [6, 6.07) is 7.90. The maximum absolute atomic E-state index is 9.54. The van der Waals surface area contributed by atoms with Crippen molar-refractivity contribution < 1.29 is 14.6 Å². The van der Waals surface area contributed by atoms with Crippen LogP contribution in [-0.4, -0.2) is 24.9 Å². The minimum atomic E-state index is -0.0560. The molecule has 1 rings (SSSR count). The van der Waals surface area contributed by atoms with E-state index in [1.54, 1.807) is 7.11 Å². The van der Waals surface area contributed by atoms with Crippen LogP contribution < -0.4 is 4.74 Å². The molecule has 0 aromatic heterocycles. The Labute approximate surface area is 179 Å². The third-order valence-corrected chi connectivity index (χ3v) is 5.39. The van der Waals surface area contributed by atoms with Gasteiger partial charge in [-0.2, -0.15) is 0 Å². The summed E-state index contributed by atoms with van der Waals surface area (Å²) in [7, 11) is 1.67. The summed E-state index contributed by atoms with van der Waals surface area (Å²) in [5.74, 6) is 0.853. The first-order valence-corrected chi connectivity index (χ1v) is 11.8. The van der Waals surface area contributed by atoms with Gasteiger partial charge in [0.25, 0.3) is 0 Å². The highest BCUT2D eigenvalue weighted by Crippen LogP contribution is 2.15. The van der Waals surface area contributed by atoms with Crippen LogP contribution in [0, 0.1) is 0 Å². The smallest absolute Gasteiger partial charge is 0.118 e. The van der Waals surface area contributed by atoms with Crippen LogP contribution in [0.4, 0.5) is 0 Å². The van der Waals surface area contributed by atoms with E-state index in [0.717, 1.165) is 24.2 Å². The first-order chi connectivity index (χ1) is 14.3. The van der Waals surface area contributed by atoms with E-state index in [-0.39, 0.29) is 12.7 Å². The molecule has 29 heavy (non-hydrogen) atoms. The molecule has 0 aliphatic carbocycles. The Hall–Kier alpha value is -1.32. The van der Waals surface area contributed by atoms with Gasteiger partial charge < -0.3 is 14.6 Å². The van der Waals surface area contributed by atoms with Crippen molar-refractivity contribution in [1.29, 1.82) is 0 Å². The number of aliphatic hydroxyl groups is 1. The Kier molecular flexibility index (Phi) is 16.6. The van der Waals surface area contributed by atoms with E-state index in [9.17, 15) is 5.11 Å². The number of aliphatic hydroxyl groups excluding tert-OH is 1. The van der Waals surface area contributed by atoms with Gasteiger partial charge >= 0.3 is 0 Å². The molecule has 166 valence electrons. The average Bonchev–Trinajstić information content (AvgIpc) is 2.76. The lowest BCUT2D eigenvalue weighted by atomic mass is 10.1. The van der Waals surface area contributed by atoms with Gasteiger partial charge in [-0.25, -0.2) is 0 Å². The zero-order valence-corrected chi connectivity index (χ0v) is 18.9. The number of hydrogen-bond donors (Lipinski definition) is 1. The fraction of sp³-hybridized carbons (Fsp3) is 0.692. The molecule has 1 aromatic carbocycles. The molecule has 0 saturated heterocycles. The monoisotopic (exact) mass is 404 g/mol. The van der Waals surface area contributed by atoms with E-state index < -0.39 is 0 Å². The highest BCUT2D eigenvalue weighted by Gasteiger charge is 2.08. The van der Waals surface area contributed by atoms with Crippen LogP contribution in [0.5, 0.6) is 5.75 Å². The third kappa shape index (κ3) is 14.3. The first kappa shape index (κ1) is 25.7. The van der Waals surface area contributed by atoms with E-state index in [1.165, 1.54) is 70.6 Å². The Bertz CT molecular complexity index is 495. The summed E-state index contributed by atoms with van der Waals surface area (Å²) in [4.78, 5) is 0. The summed E-state index contributed by atoms with van der Waals surface area (Å²) in [6.07, 6.45) is 21.2. The van der Waals surface area contributed by atoms with Crippen LogP contribution in [0.2, 0.25) is 0 Å². The van der Waals surface area contributed by atoms with E-state index in [4.69, 9.17) is 9.47 Å². The van der Waals surface area contributed by atoms with Gasteiger partial charge in [0.15, 0.2) is 0 Å². The van der Waals surface area contributed by atoms with Crippen LogP contribution in [0.1, 0.15) is 96.0 Å². The van der Waals surface area contributed by atoms with Crippen LogP contribution in [0.15, 0.2) is 36.4 Å². The van der Waals surface area contributed by atoms with E-state index in [2.05, 4.69) is 19.1 Å². The summed E-state index contributed by atoms with van der Waals surface area (Å²) >= 11 is 0. The predicted molar refractivity (Wildman–Crippen MR) is 123 cm³/mol. The minimum absolute atomic E-state index is 0.0560. The molecule has 0 heterocycles. The lowest BCUT2D eigenvalue weighted by Crippen LogP contribution is -2.17. The molecule has 3 nitrogen and oxygen atoms in total. The number of methoxy groups -OCH3 is 1. The molecule has 3 heteroatoms. The molecule has 0 saturated carbocycles. The summed E-state index contributed by atoms with van der Waals surface area (Å²) in [5, 5.41) is 9.54. The van der Waals surface area contributed by atoms with Crippen LogP contribution >= 0.6 is 0 Å². The summed E-state index contributed by atoms with van der Waals surface area (Å²) < 4.78 is 11.0. The maximum Gasteiger partial charge on any atom is 0.118 e. The van der Waals surface area contributed by atoms with E-state index in [0.29, 0.717) is 6.61 Å². The van der Waals surface area contributed by atoms with Gasteiger partial charge in [-0.15, -0.1) is 0 Å². The molecule has 1 atom stereocenters. The Morgan fingerprint density at radius 3 is 2.00 bits per heavy atom. The molecule has 0 fully saturated rings. The maximum atomic E-state index is 9.54. The molecule has 0 amide bonds. The highest BCUT2D eigenvalue weighted by atomic mass is 16.5. The van der Waals surface area contributed by atoms with Crippen molar-refractivity contribution in [3.63, 3.8) is 0 Å². The number of hydrogen-bond acceptors (Lipinski definition) is 3. The van der Waals surface area contributed by atoms with Crippen molar-refractivity contribution >= 4 is 0 Å². The molecule has 0 aliphatic rings. The molecule has 1 N–H and O–H groups in total. The number of unbranched alkanes of at least 4 members (excludes halogenated alkanes) is 10. The highest BCUT2D eigenvalue weighted by molar-refractivity contribution is 5.26. The second-order valence-electron chi connectivity index (χ2n) is 7.98. The van der Waals surface area contributed by atoms with Crippen molar-refractivity contribution in [3.8, 4) is 5.75 Å². The zero-order valence-electron chi connectivity index (χ0n) is 18.9. The zero-order chi connectivity index (χ0) is 21.0. The van der Waals surface area contributed by atoms with Crippen molar-refractivity contribution in [2.45, 2.75) is 103 Å². The lowest BCUT2D eigenvalue weighted by Gasteiger charge is -2.15. The normalized spacial score (nSPS) is 12.5. The SMILES string of the molecule is CCCCCC/C=C\CCCCCCCC[C@@H](CO)OCc1ccc(OC)cc1. The van der Waals surface area contributed by atoms with Gasteiger partial charge in [0.2, 0.25) is 0 Å². The second-order valence-corrected chi connectivity index (χ2v) is 7.98. The molecular weight excluding hydrogens is 360 g/mol. The standard InChI is InChI=1S/C26H44O3/c1-3-4-5-6-7-8-9-10-11-12-13-14-15-16-17-26(22-27)29-23-24-18-20-25(28-2)21-19-24/h8-9,18-21,26-27H,3-7,10-17,22-23H2,1-2H3/b9-8-/t26-/m0/s1. The van der Waals surface area contributed by atoms with Crippen molar-refractivity contribution in [2.24, 2.45) is 0 Å². The molecule has 0 spiro atoms. The van der Waals surface area contributed by atoms with Gasteiger partial charge in [-0.05, 0) is 49.8 Å². The molecule has 1 aromatic rings. The third-order valence-electron chi connectivity index (χ3n) is 5.39. The van der Waals surface area contributed by atoms with Gasteiger partial charge in [0.1, 0.15) is 5.75 Å². The van der Waals surface area contributed by atoms with Crippen LogP contribution in [-0.2, 0) is 11.3 Å². The van der Waals surface area contributed by atoms with E-state index in [1.807, 2.05) is 24.3 Å². The predicted octanol–water partition coefficient (Wildman–Crippen LogP) is 7.22. The lowest BCUT2D eigenvalue weighted by molar-refractivity contribution is -0.00349. The average molecular weight is 405 g/mol. The number of ether oxygens (including phenoxy) is 2. The van der Waals surface area contributed by atoms with E-state index >= 15 is 0 Å². The number of benzene rings is 1. The van der Waals surface area contributed by atoms with Gasteiger partial charge in [-0.3, -0.25) is 0 Å². The van der Waals surface area contributed by atoms with Crippen molar-refractivity contribution in [1.82, 2.24) is 0 Å². The Morgan fingerprint density at radius 1 is 0.828 bits per heavy atom. The topological polar surface area (TPSA) is 38.7 Å². The number of rotatable bonds is 19. The minimum Gasteiger partial charge on any atom is -0.497 e. The largest absolute Gasteiger partial charge is 0.497 e. The number of allylic oxidation sites excluding steroid dienone is 2. The van der Waals surface area contributed by atoms with Gasteiger partial charge in [-0.1, -0.05) is 82.6 Å². The van der Waals surface area contributed by atoms with Crippen LogP contribution in [0.25, 0.3) is 0 Å². The molecule has 0 bridgehead atoms. The summed E-state index contributed by atoms with van der Waals surface area (Å²) in [6.45, 7) is 2.90. The van der Waals surface area contributed by atoms with Crippen molar-refractivity contribution in [3.05, 3.63) is 42.0 Å². The first-order valence-electron chi connectivity index (χ1n) is 11.8. The summed E-state index contributed by atoms with van der Waals surface area (Å²) in [5.41, 5.74) is 1.11. The Morgan fingerprint density at radius 2 is 1.41 bits per heavy atom. The molecule has 0 radical (unpaired) electrons. The fourth-order valence-corrected chi connectivity index (χ4v) is 3.43. The molecule has 0 aliphatic heterocycles. The van der Waals surface area contributed by atoms with Crippen molar-refractivity contribution in [2.75, 3.05) is 13.7 Å². The Balaban J connectivity index is 1.95. The second kappa shape index (κ2) is 18.7. The fourth-order valence-electron chi connectivity index (χ4n) is 3.43. The quantitative estimate of drug-likeness (QED) is 0.195. The van der Waals surface area contributed by atoms with Gasteiger partial charge in [0, 0.05) is 0 Å².